The van der Waals surface area contributed by atoms with Crippen molar-refractivity contribution >= 4 is 29.4 Å². The number of esters is 1. The molecular formula is C30H27NO4S. The first-order valence-electron chi connectivity index (χ1n) is 12.0. The number of ether oxygens (including phenoxy) is 1. The molecule has 2 saturated heterocycles. The van der Waals surface area contributed by atoms with E-state index in [4.69, 9.17) is 4.74 Å². The molecule has 182 valence electrons. The quantitative estimate of drug-likeness (QED) is 0.253. The molecule has 1 amide bonds. The van der Waals surface area contributed by atoms with Crippen molar-refractivity contribution in [3.63, 3.8) is 0 Å². The van der Waals surface area contributed by atoms with Gasteiger partial charge in [0.25, 0.3) is 5.91 Å². The molecular weight excluding hydrogens is 470 g/mol. The molecule has 0 spiro atoms. The fourth-order valence-electron chi connectivity index (χ4n) is 4.93. The van der Waals surface area contributed by atoms with Gasteiger partial charge in [-0.2, -0.15) is 0 Å². The molecule has 5 nitrogen and oxygen atoms in total. The van der Waals surface area contributed by atoms with Gasteiger partial charge in [-0.1, -0.05) is 91.0 Å². The van der Waals surface area contributed by atoms with Gasteiger partial charge < -0.3 is 9.64 Å². The Labute approximate surface area is 215 Å². The number of nitrogens with zero attached hydrogens (tertiary/aromatic N) is 1. The summed E-state index contributed by atoms with van der Waals surface area (Å²) >= 11 is 1.58. The highest BCUT2D eigenvalue weighted by Crippen LogP contribution is 2.51. The second-order valence-corrected chi connectivity index (χ2v) is 11.4. The minimum Gasteiger partial charge on any atom is -0.451 e. The van der Waals surface area contributed by atoms with Gasteiger partial charge in [-0.05, 0) is 31.1 Å². The summed E-state index contributed by atoms with van der Waals surface area (Å²) in [7, 11) is 0. The van der Waals surface area contributed by atoms with E-state index < -0.39 is 22.9 Å². The largest absolute Gasteiger partial charge is 0.451 e. The predicted octanol–water partition coefficient (Wildman–Crippen LogP) is 5.58. The summed E-state index contributed by atoms with van der Waals surface area (Å²) in [6.45, 7) is 3.93. The van der Waals surface area contributed by atoms with E-state index in [1.54, 1.807) is 40.9 Å². The molecule has 5 rings (SSSR count). The van der Waals surface area contributed by atoms with E-state index in [0.717, 1.165) is 11.1 Å². The van der Waals surface area contributed by atoms with E-state index in [1.807, 2.05) is 80.6 Å². The summed E-state index contributed by atoms with van der Waals surface area (Å²) < 4.78 is 5.61. The Morgan fingerprint density at radius 3 is 2.00 bits per heavy atom. The zero-order chi connectivity index (χ0) is 25.3. The first kappa shape index (κ1) is 24.1. The molecule has 0 aliphatic carbocycles. The van der Waals surface area contributed by atoms with Crippen LogP contribution in [0.2, 0.25) is 0 Å². The molecule has 3 aromatic carbocycles. The molecule has 2 fully saturated rings. The van der Waals surface area contributed by atoms with Crippen molar-refractivity contribution in [3.8, 4) is 0 Å². The van der Waals surface area contributed by atoms with Crippen molar-refractivity contribution < 1.29 is 19.1 Å². The molecule has 0 saturated carbocycles. The highest BCUT2D eigenvalue weighted by atomic mass is 32.2. The molecule has 0 radical (unpaired) electrons. The first-order chi connectivity index (χ1) is 17.3. The second kappa shape index (κ2) is 9.78. The summed E-state index contributed by atoms with van der Waals surface area (Å²) in [5.41, 5.74) is 2.68. The van der Waals surface area contributed by atoms with E-state index >= 15 is 0 Å². The summed E-state index contributed by atoms with van der Waals surface area (Å²) in [5, 5.41) is -0.216. The molecule has 6 heteroatoms. The number of fused-ring (bicyclic) bond motifs is 1. The van der Waals surface area contributed by atoms with Gasteiger partial charge in [-0.25, -0.2) is 4.79 Å². The predicted molar refractivity (Wildman–Crippen MR) is 140 cm³/mol. The van der Waals surface area contributed by atoms with Crippen molar-refractivity contribution in [2.75, 3.05) is 0 Å². The second-order valence-electron chi connectivity index (χ2n) is 9.53. The number of hydrogen-bond acceptors (Lipinski definition) is 5. The van der Waals surface area contributed by atoms with Crippen LogP contribution >= 0.6 is 11.8 Å². The van der Waals surface area contributed by atoms with Crippen LogP contribution in [0.1, 0.15) is 47.9 Å². The number of thioether (sulfide) groups is 1. The van der Waals surface area contributed by atoms with Gasteiger partial charge >= 0.3 is 5.97 Å². The Morgan fingerprint density at radius 1 is 0.917 bits per heavy atom. The third-order valence-corrected chi connectivity index (χ3v) is 8.11. The first-order valence-corrected chi connectivity index (χ1v) is 12.8. The standard InChI is InChI=1S/C30H27NO4S/c1-30(2)27(29(34)35-26(21-14-8-4-9-15-21)22-16-10-5-11-17-22)31-25(36-30)19-23(28(31)33)18-24(32)20-12-6-3-7-13-20/h3-18,25-27H,19H2,1-2H3/b23-18+/t25-,27+/m1/s1. The van der Waals surface area contributed by atoms with Crippen LogP contribution in [0.5, 0.6) is 0 Å². The number of allylic oxidation sites excluding steroid dienone is 1. The SMILES string of the molecule is CC1(C)S[C@@H]2C/C(=C\C(=O)c3ccccc3)C(=O)N2[C@H]1C(=O)OC(c1ccccc1)c1ccccc1. The Kier molecular flexibility index (Phi) is 6.54. The number of carbonyl (C=O) groups is 3. The molecule has 2 aliphatic rings. The van der Waals surface area contributed by atoms with Crippen LogP contribution in [-0.4, -0.2) is 38.7 Å². The van der Waals surface area contributed by atoms with E-state index in [9.17, 15) is 14.4 Å². The summed E-state index contributed by atoms with van der Waals surface area (Å²) in [5.74, 6) is -0.936. The molecule has 3 aromatic rings. The number of hydrogen-bond donors (Lipinski definition) is 0. The van der Waals surface area contributed by atoms with E-state index in [0.29, 0.717) is 17.6 Å². The van der Waals surface area contributed by atoms with Gasteiger partial charge in [0.15, 0.2) is 11.9 Å². The van der Waals surface area contributed by atoms with E-state index in [1.165, 1.54) is 6.08 Å². The molecule has 2 aliphatic heterocycles. The van der Waals surface area contributed by atoms with Crippen LogP contribution in [0, 0.1) is 0 Å². The van der Waals surface area contributed by atoms with Crippen molar-refractivity contribution in [2.45, 2.75) is 42.5 Å². The third-order valence-electron chi connectivity index (χ3n) is 6.62. The smallest absolute Gasteiger partial charge is 0.331 e. The highest BCUT2D eigenvalue weighted by Gasteiger charge is 2.57. The Bertz CT molecular complexity index is 1270. The van der Waals surface area contributed by atoms with Gasteiger partial charge in [0, 0.05) is 22.3 Å². The van der Waals surface area contributed by atoms with Gasteiger partial charge in [0.1, 0.15) is 6.04 Å². The molecule has 0 aromatic heterocycles. The van der Waals surface area contributed by atoms with Gasteiger partial charge in [0.05, 0.1) is 5.37 Å². The number of rotatable bonds is 6. The maximum absolute atomic E-state index is 13.7. The van der Waals surface area contributed by atoms with Crippen molar-refractivity contribution in [2.24, 2.45) is 0 Å². The summed E-state index contributed by atoms with van der Waals surface area (Å²) in [4.78, 5) is 41.5. The molecule has 36 heavy (non-hydrogen) atoms. The van der Waals surface area contributed by atoms with Crippen LogP contribution in [0.4, 0.5) is 0 Å². The van der Waals surface area contributed by atoms with Crippen LogP contribution in [0.3, 0.4) is 0 Å². The zero-order valence-electron chi connectivity index (χ0n) is 20.2. The zero-order valence-corrected chi connectivity index (χ0v) is 21.0. The Morgan fingerprint density at radius 2 is 1.44 bits per heavy atom. The average Bonchev–Trinajstić information content (AvgIpc) is 3.33. The fourth-order valence-corrected chi connectivity index (χ4v) is 6.56. The normalized spacial score (nSPS) is 21.6. The Balaban J connectivity index is 1.42. The maximum atomic E-state index is 13.7. The number of carbonyl (C=O) groups excluding carboxylic acids is 3. The van der Waals surface area contributed by atoms with Crippen molar-refractivity contribution in [3.05, 3.63) is 119 Å². The monoisotopic (exact) mass is 497 g/mol. The van der Waals surface area contributed by atoms with Crippen LogP contribution in [-0.2, 0) is 14.3 Å². The minimum atomic E-state index is -0.771. The lowest BCUT2D eigenvalue weighted by Crippen LogP contribution is -2.49. The lowest BCUT2D eigenvalue weighted by atomic mass is 9.99. The average molecular weight is 498 g/mol. The fraction of sp³-hybridized carbons (Fsp3) is 0.233. The molecule has 0 bridgehead atoms. The van der Waals surface area contributed by atoms with Crippen LogP contribution in [0.15, 0.2) is 103 Å². The van der Waals surface area contributed by atoms with Crippen LogP contribution < -0.4 is 0 Å². The summed E-state index contributed by atoms with van der Waals surface area (Å²) in [6, 6.07) is 27.3. The van der Waals surface area contributed by atoms with Gasteiger partial charge in [-0.15, -0.1) is 11.8 Å². The third kappa shape index (κ3) is 4.61. The van der Waals surface area contributed by atoms with Gasteiger partial charge in [-0.3, -0.25) is 9.59 Å². The topological polar surface area (TPSA) is 63.7 Å². The van der Waals surface area contributed by atoms with E-state index in [2.05, 4.69) is 0 Å². The molecule has 2 atom stereocenters. The lowest BCUT2D eigenvalue weighted by Gasteiger charge is -2.30. The maximum Gasteiger partial charge on any atom is 0.331 e. The highest BCUT2D eigenvalue weighted by molar-refractivity contribution is 8.01. The number of amides is 1. The van der Waals surface area contributed by atoms with Gasteiger partial charge in [0.2, 0.25) is 0 Å². The lowest BCUT2D eigenvalue weighted by molar-refractivity contribution is -0.157. The Hall–Kier alpha value is -3.64. The molecule has 2 heterocycles. The van der Waals surface area contributed by atoms with Crippen molar-refractivity contribution in [1.29, 1.82) is 0 Å². The summed E-state index contributed by atoms with van der Waals surface area (Å²) in [6.07, 6.45) is 1.24. The number of benzene rings is 3. The molecule has 0 unspecified atom stereocenters. The molecule has 0 N–H and O–H groups in total. The van der Waals surface area contributed by atoms with E-state index in [-0.39, 0.29) is 17.1 Å². The number of ketones is 1. The minimum absolute atomic E-state index is 0.211. The van der Waals surface area contributed by atoms with Crippen molar-refractivity contribution in [1.82, 2.24) is 4.90 Å². The van der Waals surface area contributed by atoms with Crippen LogP contribution in [0.25, 0.3) is 0 Å².